The summed E-state index contributed by atoms with van der Waals surface area (Å²) < 4.78 is 0. The molecule has 0 saturated heterocycles. The van der Waals surface area contributed by atoms with E-state index in [1.54, 1.807) is 12.3 Å². The SMILES string of the molecule is O=C(Nc1ncc(Cc2cccc(Cl)c2Cl)s1)C(Cl)Cl. The van der Waals surface area contributed by atoms with Gasteiger partial charge in [-0.1, -0.05) is 58.5 Å². The van der Waals surface area contributed by atoms with Crippen molar-refractivity contribution in [1.29, 1.82) is 0 Å². The minimum Gasteiger partial charge on any atom is -0.300 e. The first-order chi connectivity index (χ1) is 9.47. The van der Waals surface area contributed by atoms with Crippen LogP contribution in [0.1, 0.15) is 10.4 Å². The van der Waals surface area contributed by atoms with Gasteiger partial charge in [0.05, 0.1) is 10.0 Å². The number of rotatable bonds is 4. The molecule has 0 aliphatic rings. The molecule has 1 amide bonds. The Morgan fingerprint density at radius 1 is 1.35 bits per heavy atom. The summed E-state index contributed by atoms with van der Waals surface area (Å²) in [5.74, 6) is -0.505. The highest BCUT2D eigenvalue weighted by atomic mass is 35.5. The van der Waals surface area contributed by atoms with Gasteiger partial charge in [-0.3, -0.25) is 10.1 Å². The van der Waals surface area contributed by atoms with Crippen molar-refractivity contribution in [3.63, 3.8) is 0 Å². The molecule has 106 valence electrons. The van der Waals surface area contributed by atoms with Gasteiger partial charge in [0, 0.05) is 17.5 Å². The number of hydrogen-bond acceptors (Lipinski definition) is 3. The third kappa shape index (κ3) is 3.99. The molecule has 1 aromatic heterocycles. The van der Waals surface area contributed by atoms with E-state index in [9.17, 15) is 4.79 Å². The first-order valence-electron chi connectivity index (χ1n) is 5.44. The molecule has 0 fully saturated rings. The number of nitrogens with zero attached hydrogens (tertiary/aromatic N) is 1. The van der Waals surface area contributed by atoms with E-state index in [0.717, 1.165) is 10.4 Å². The monoisotopic (exact) mass is 368 g/mol. The number of carbonyl (C=O) groups is 1. The van der Waals surface area contributed by atoms with Gasteiger partial charge < -0.3 is 0 Å². The Hall–Kier alpha value is -0.520. The van der Waals surface area contributed by atoms with Gasteiger partial charge in [0.25, 0.3) is 5.91 Å². The van der Waals surface area contributed by atoms with Crippen molar-refractivity contribution < 1.29 is 4.79 Å². The highest BCUT2D eigenvalue weighted by Crippen LogP contribution is 2.29. The highest BCUT2D eigenvalue weighted by Gasteiger charge is 2.14. The van der Waals surface area contributed by atoms with Crippen molar-refractivity contribution in [2.75, 3.05) is 5.32 Å². The topological polar surface area (TPSA) is 42.0 Å². The molecule has 0 spiro atoms. The number of carbonyl (C=O) groups excluding carboxylic acids is 1. The summed E-state index contributed by atoms with van der Waals surface area (Å²) in [6, 6.07) is 5.45. The molecule has 0 atom stereocenters. The van der Waals surface area contributed by atoms with Crippen molar-refractivity contribution in [1.82, 2.24) is 4.98 Å². The lowest BCUT2D eigenvalue weighted by Gasteiger charge is -2.03. The molecule has 2 rings (SSSR count). The molecule has 3 nitrogen and oxygen atoms in total. The van der Waals surface area contributed by atoms with E-state index in [0.29, 0.717) is 21.6 Å². The standard InChI is InChI=1S/C12H8Cl4N2OS/c13-8-3-1-2-6(9(8)14)4-7-5-17-12(20-7)18-11(19)10(15)16/h1-3,5,10H,4H2,(H,17,18,19). The fraction of sp³-hybridized carbons (Fsp3) is 0.167. The molecular formula is C12H8Cl4N2OS. The van der Waals surface area contributed by atoms with Gasteiger partial charge in [0.15, 0.2) is 9.97 Å². The maximum absolute atomic E-state index is 11.3. The second kappa shape index (κ2) is 6.96. The molecule has 8 heteroatoms. The Labute approximate surface area is 139 Å². The van der Waals surface area contributed by atoms with Crippen LogP contribution in [0, 0.1) is 0 Å². The summed E-state index contributed by atoms with van der Waals surface area (Å²) in [7, 11) is 0. The van der Waals surface area contributed by atoms with Crippen molar-refractivity contribution in [3.8, 4) is 0 Å². The molecule has 20 heavy (non-hydrogen) atoms. The Morgan fingerprint density at radius 2 is 2.10 bits per heavy atom. The zero-order valence-electron chi connectivity index (χ0n) is 9.87. The molecule has 0 bridgehead atoms. The van der Waals surface area contributed by atoms with Crippen LogP contribution in [0.4, 0.5) is 5.13 Å². The van der Waals surface area contributed by atoms with E-state index in [2.05, 4.69) is 10.3 Å². The maximum atomic E-state index is 11.3. The number of benzene rings is 1. The summed E-state index contributed by atoms with van der Waals surface area (Å²) >= 11 is 24.3. The minimum atomic E-state index is -1.12. The number of hydrogen-bond donors (Lipinski definition) is 1. The normalized spacial score (nSPS) is 10.8. The third-order valence-electron chi connectivity index (χ3n) is 2.38. The first kappa shape index (κ1) is 15.9. The second-order valence-electron chi connectivity index (χ2n) is 3.81. The van der Waals surface area contributed by atoms with Crippen molar-refractivity contribution in [2.24, 2.45) is 0 Å². The number of anilines is 1. The van der Waals surface area contributed by atoms with E-state index < -0.39 is 10.7 Å². The van der Waals surface area contributed by atoms with Crippen LogP contribution in [-0.4, -0.2) is 15.7 Å². The zero-order valence-corrected chi connectivity index (χ0v) is 13.7. The van der Waals surface area contributed by atoms with Crippen molar-refractivity contribution >= 4 is 68.8 Å². The van der Waals surface area contributed by atoms with Crippen molar-refractivity contribution in [2.45, 2.75) is 11.3 Å². The van der Waals surface area contributed by atoms with Crippen LogP contribution >= 0.6 is 57.7 Å². The molecule has 1 aromatic carbocycles. The highest BCUT2D eigenvalue weighted by molar-refractivity contribution is 7.15. The summed E-state index contributed by atoms with van der Waals surface area (Å²) in [6.45, 7) is 0. The Morgan fingerprint density at radius 3 is 2.80 bits per heavy atom. The van der Waals surface area contributed by atoms with Gasteiger partial charge in [-0.25, -0.2) is 4.98 Å². The van der Waals surface area contributed by atoms with Gasteiger partial charge in [0.1, 0.15) is 0 Å². The number of nitrogens with one attached hydrogen (secondary N) is 1. The maximum Gasteiger partial charge on any atom is 0.259 e. The van der Waals surface area contributed by atoms with E-state index in [1.807, 2.05) is 12.1 Å². The Bertz CT molecular complexity index is 630. The van der Waals surface area contributed by atoms with E-state index in [-0.39, 0.29) is 0 Å². The lowest BCUT2D eigenvalue weighted by atomic mass is 10.1. The van der Waals surface area contributed by atoms with Crippen LogP contribution < -0.4 is 5.32 Å². The lowest BCUT2D eigenvalue weighted by molar-refractivity contribution is -0.114. The molecule has 0 unspecified atom stereocenters. The predicted molar refractivity (Wildman–Crippen MR) is 85.5 cm³/mol. The van der Waals surface area contributed by atoms with E-state index in [1.165, 1.54) is 11.3 Å². The molecule has 0 aliphatic heterocycles. The molecule has 1 N–H and O–H groups in total. The number of amides is 1. The predicted octanol–water partition coefficient (Wildman–Crippen LogP) is 4.78. The quantitative estimate of drug-likeness (QED) is 0.787. The summed E-state index contributed by atoms with van der Waals surface area (Å²) in [4.78, 5) is 15.2. The fourth-order valence-corrected chi connectivity index (χ4v) is 2.81. The second-order valence-corrected chi connectivity index (χ2v) is 6.81. The Kier molecular flexibility index (Phi) is 5.52. The van der Waals surface area contributed by atoms with Gasteiger partial charge in [-0.15, -0.1) is 11.3 Å². The fourth-order valence-electron chi connectivity index (χ4n) is 1.48. The van der Waals surface area contributed by atoms with Crippen LogP contribution in [0.2, 0.25) is 10.0 Å². The van der Waals surface area contributed by atoms with Crippen LogP contribution in [0.5, 0.6) is 0 Å². The summed E-state index contributed by atoms with van der Waals surface area (Å²) in [5, 5.41) is 3.99. The average molecular weight is 370 g/mol. The number of aromatic nitrogens is 1. The first-order valence-corrected chi connectivity index (χ1v) is 7.88. The molecule has 2 aromatic rings. The lowest BCUT2D eigenvalue weighted by Crippen LogP contribution is -2.18. The van der Waals surface area contributed by atoms with Gasteiger partial charge in [-0.05, 0) is 11.6 Å². The van der Waals surface area contributed by atoms with Crippen LogP contribution in [0.25, 0.3) is 0 Å². The van der Waals surface area contributed by atoms with Gasteiger partial charge >= 0.3 is 0 Å². The molecule has 0 radical (unpaired) electrons. The van der Waals surface area contributed by atoms with Crippen LogP contribution in [-0.2, 0) is 11.2 Å². The number of alkyl halides is 2. The minimum absolute atomic E-state index is 0.439. The largest absolute Gasteiger partial charge is 0.300 e. The smallest absolute Gasteiger partial charge is 0.259 e. The third-order valence-corrected chi connectivity index (χ3v) is 4.55. The number of thiazole rings is 1. The molecule has 0 aliphatic carbocycles. The summed E-state index contributed by atoms with van der Waals surface area (Å²) in [5.41, 5.74) is 0.897. The molecule has 1 heterocycles. The molecular weight excluding hydrogens is 362 g/mol. The van der Waals surface area contributed by atoms with E-state index in [4.69, 9.17) is 46.4 Å². The van der Waals surface area contributed by atoms with Crippen LogP contribution in [0.3, 0.4) is 0 Å². The van der Waals surface area contributed by atoms with Gasteiger partial charge in [-0.2, -0.15) is 0 Å². The average Bonchev–Trinajstić information content (AvgIpc) is 2.82. The zero-order chi connectivity index (χ0) is 14.7. The Balaban J connectivity index is 2.10. The van der Waals surface area contributed by atoms with E-state index >= 15 is 0 Å². The summed E-state index contributed by atoms with van der Waals surface area (Å²) in [6.07, 6.45) is 2.24. The van der Waals surface area contributed by atoms with Gasteiger partial charge in [0.2, 0.25) is 0 Å². The molecule has 0 saturated carbocycles. The number of halogens is 4. The van der Waals surface area contributed by atoms with Crippen molar-refractivity contribution in [3.05, 3.63) is 44.9 Å². The van der Waals surface area contributed by atoms with Crippen LogP contribution in [0.15, 0.2) is 24.4 Å².